The van der Waals surface area contributed by atoms with Gasteiger partial charge in [0, 0.05) is 128 Å². The molecule has 0 radical (unpaired) electrons. The van der Waals surface area contributed by atoms with Crippen molar-refractivity contribution in [2.75, 3.05) is 78.8 Å². The highest BCUT2D eigenvalue weighted by atomic mass is 35.5. The maximum Gasteiger partial charge on any atom is 0.342 e. The number of esters is 4. The highest BCUT2D eigenvalue weighted by Crippen LogP contribution is 2.41. The molecule has 136 heavy (non-hydrogen) atoms. The first kappa shape index (κ1) is 112. The van der Waals surface area contributed by atoms with E-state index in [4.69, 9.17) is 61.5 Å². The molecular weight excluding hydrogens is 1790 g/mol. The maximum atomic E-state index is 13.1. The number of fused-ring (bicyclic) bond motifs is 4. The van der Waals surface area contributed by atoms with Gasteiger partial charge in [0.1, 0.15) is 92.7 Å². The maximum absolute atomic E-state index is 13.1. The van der Waals surface area contributed by atoms with Crippen molar-refractivity contribution in [2.45, 2.75) is 249 Å². The molecule has 0 saturated carbocycles. The van der Waals surface area contributed by atoms with Crippen molar-refractivity contribution in [1.29, 1.82) is 0 Å². The Hall–Kier alpha value is -12.6. The van der Waals surface area contributed by atoms with E-state index >= 15 is 0 Å². The van der Waals surface area contributed by atoms with Gasteiger partial charge in [-0.2, -0.15) is 0 Å². The van der Waals surface area contributed by atoms with E-state index in [1.54, 1.807) is 58.6 Å². The Morgan fingerprint density at radius 2 is 0.728 bits per heavy atom. The van der Waals surface area contributed by atoms with Gasteiger partial charge in [0.2, 0.25) is 0 Å². The van der Waals surface area contributed by atoms with Gasteiger partial charge in [-0.25, -0.2) is 19.2 Å². The van der Waals surface area contributed by atoms with Gasteiger partial charge >= 0.3 is 23.9 Å². The SMILES string of the molecule is CCCC1C/C=C/CC/C=C/C(=N\OCC(=O)N2CCCCC2)Cc2cc(O)cc(O)c2C(=O)O1.CCN(CC)C(=O)CO/N=C1/C=C(\C)CC/C=C/C[C@@H](C)OC(=O)c2c(O)cc(O)c(Cl)c2C1.CCN(CC)C(=O)CO/N=C1/C=C(\C)CC/C=C/C[C@@H](C)OC(=O)c2c(O)cc(O)cc2C1.CCN(CC)C(=O)CO/N=C1\C=C(/C)CC/C=C/C[C@@H](C)OC(=O)c2c(O)cc(O)c(Cl)c2C1. The van der Waals surface area contributed by atoms with Crippen LogP contribution in [0.25, 0.3) is 0 Å². The van der Waals surface area contributed by atoms with Crippen molar-refractivity contribution in [1.82, 2.24) is 19.6 Å². The lowest BCUT2D eigenvalue weighted by molar-refractivity contribution is -0.137. The average Bonchev–Trinajstić information content (AvgIpc) is 0.788. The molecule has 9 rings (SSSR count). The molecule has 1 unspecified atom stereocenters. The van der Waals surface area contributed by atoms with E-state index in [0.29, 0.717) is 105 Å². The second-order valence-electron chi connectivity index (χ2n) is 33.3. The molecule has 5 aliphatic rings. The van der Waals surface area contributed by atoms with E-state index < -0.39 is 47.6 Å². The number of hydrogen-bond acceptors (Lipinski definition) is 28. The number of halogens is 2. The highest BCUT2D eigenvalue weighted by Gasteiger charge is 2.31. The zero-order valence-electron chi connectivity index (χ0n) is 80.6. The van der Waals surface area contributed by atoms with Crippen LogP contribution in [0, 0.1) is 0 Å². The van der Waals surface area contributed by atoms with Crippen LogP contribution in [0.1, 0.15) is 263 Å². The van der Waals surface area contributed by atoms with E-state index in [1.807, 2.05) is 124 Å². The number of likely N-dealkylation sites (tertiary alicyclic amines) is 1. The molecule has 1 saturated heterocycles. The molecule has 0 aliphatic carbocycles. The topological polar surface area (TPSA) is 435 Å². The zero-order valence-corrected chi connectivity index (χ0v) is 82.1. The van der Waals surface area contributed by atoms with Crippen LogP contribution in [-0.2, 0) is 83.2 Å². The third-order valence-corrected chi connectivity index (χ3v) is 23.1. The molecule has 1 fully saturated rings. The third kappa shape index (κ3) is 37.6. The fourth-order valence-electron chi connectivity index (χ4n) is 15.0. The second-order valence-corrected chi connectivity index (χ2v) is 34.0. The molecule has 742 valence electrons. The molecule has 4 atom stereocenters. The summed E-state index contributed by atoms with van der Waals surface area (Å²) in [7, 11) is 0. The average molecular weight is 1930 g/mol. The van der Waals surface area contributed by atoms with Crippen molar-refractivity contribution in [3.05, 3.63) is 187 Å². The number of carbonyl (C=O) groups excluding carboxylic acids is 8. The summed E-state index contributed by atoms with van der Waals surface area (Å²) in [4.78, 5) is 129. The summed E-state index contributed by atoms with van der Waals surface area (Å²) in [5, 5.41) is 98.7. The predicted molar refractivity (Wildman–Crippen MR) is 523 cm³/mol. The number of benzene rings is 4. The fraction of sp³-hybridized carbons (Fsp3) is 0.490. The summed E-state index contributed by atoms with van der Waals surface area (Å²) >= 11 is 12.7. The zero-order chi connectivity index (χ0) is 99.9. The van der Waals surface area contributed by atoms with Crippen molar-refractivity contribution in [3.8, 4) is 46.0 Å². The lowest BCUT2D eigenvalue weighted by Gasteiger charge is -2.26. The Morgan fingerprint density at radius 1 is 0.397 bits per heavy atom. The van der Waals surface area contributed by atoms with Gasteiger partial charge in [-0.1, -0.05) is 129 Å². The van der Waals surface area contributed by atoms with Crippen LogP contribution in [0.15, 0.2) is 153 Å². The number of nitrogens with zero attached hydrogens (tertiary/aromatic N) is 8. The molecule has 5 heterocycles. The number of allylic oxidation sites excluding steroid dienone is 12. The van der Waals surface area contributed by atoms with Crippen LogP contribution in [0.5, 0.6) is 46.0 Å². The van der Waals surface area contributed by atoms with E-state index in [1.165, 1.54) is 12.1 Å². The first-order valence-corrected chi connectivity index (χ1v) is 47.4. The van der Waals surface area contributed by atoms with E-state index in [9.17, 15) is 79.2 Å². The summed E-state index contributed by atoms with van der Waals surface area (Å²) in [5.41, 5.74) is 5.40. The van der Waals surface area contributed by atoms with E-state index in [-0.39, 0.29) is 166 Å². The normalized spacial score (nSPS) is 21.4. The number of piperidine rings is 1. The van der Waals surface area contributed by atoms with Crippen LogP contribution < -0.4 is 0 Å². The van der Waals surface area contributed by atoms with Gasteiger partial charge in [-0.05, 0) is 219 Å². The highest BCUT2D eigenvalue weighted by molar-refractivity contribution is 6.34. The minimum absolute atomic E-state index is 0.00423. The van der Waals surface area contributed by atoms with Crippen LogP contribution in [0.3, 0.4) is 0 Å². The van der Waals surface area contributed by atoms with Crippen molar-refractivity contribution in [3.63, 3.8) is 0 Å². The lowest BCUT2D eigenvalue weighted by Crippen LogP contribution is -2.37. The summed E-state index contributed by atoms with van der Waals surface area (Å²) in [6.07, 6.45) is 36.9. The van der Waals surface area contributed by atoms with E-state index in [0.717, 1.165) is 131 Å². The largest absolute Gasteiger partial charge is 0.508 e. The first-order chi connectivity index (χ1) is 65.1. The first-order valence-electron chi connectivity index (χ1n) is 46.6. The predicted octanol–water partition coefficient (Wildman–Crippen LogP) is 18.3. The summed E-state index contributed by atoms with van der Waals surface area (Å²) in [5.74, 6) is -6.27. The van der Waals surface area contributed by atoms with Gasteiger partial charge < -0.3 is 98.7 Å². The summed E-state index contributed by atoms with van der Waals surface area (Å²) in [6, 6.07) is 7.05. The molecule has 5 aliphatic heterocycles. The van der Waals surface area contributed by atoms with Crippen LogP contribution in [-0.4, -0.2) is 234 Å². The Kier molecular flexibility index (Phi) is 48.9. The Balaban J connectivity index is 0.000000279. The minimum atomic E-state index is -0.759. The van der Waals surface area contributed by atoms with Crippen LogP contribution >= 0.6 is 23.2 Å². The number of aromatic hydroxyl groups is 8. The number of phenolic OH excluding ortho intramolecular Hbond substituents is 8. The van der Waals surface area contributed by atoms with E-state index in [2.05, 4.69) is 26.7 Å². The van der Waals surface area contributed by atoms with Crippen molar-refractivity contribution in [2.24, 2.45) is 20.6 Å². The quantitative estimate of drug-likeness (QED) is 0.0176. The molecule has 0 bridgehead atoms. The van der Waals surface area contributed by atoms with Gasteiger partial charge in [0.25, 0.3) is 23.6 Å². The summed E-state index contributed by atoms with van der Waals surface area (Å²) < 4.78 is 22.2. The molecule has 4 aromatic rings. The number of ether oxygens (including phenoxy) is 4. The molecular formula is C102H136Cl2N8O24. The lowest BCUT2D eigenvalue weighted by atomic mass is 9.98. The molecule has 8 N–H and O–H groups in total. The molecule has 4 amide bonds. The minimum Gasteiger partial charge on any atom is -0.508 e. The van der Waals surface area contributed by atoms with Crippen LogP contribution in [0.2, 0.25) is 10.0 Å². The number of cyclic esters (lactones) is 4. The van der Waals surface area contributed by atoms with Gasteiger partial charge in [0.15, 0.2) is 26.4 Å². The Bertz CT molecular complexity index is 4950. The van der Waals surface area contributed by atoms with Crippen LogP contribution in [0.4, 0.5) is 0 Å². The number of rotatable bonds is 20. The van der Waals surface area contributed by atoms with Crippen molar-refractivity contribution < 1.29 is 118 Å². The third-order valence-electron chi connectivity index (χ3n) is 22.3. The second kappa shape index (κ2) is 59.3. The molecule has 34 heteroatoms. The van der Waals surface area contributed by atoms with Crippen molar-refractivity contribution >= 4 is 93.6 Å². The number of hydrogen-bond donors (Lipinski definition) is 8. The molecule has 32 nitrogen and oxygen atoms in total. The number of carbonyl (C=O) groups is 8. The molecule has 4 aromatic carbocycles. The monoisotopic (exact) mass is 1930 g/mol. The van der Waals surface area contributed by atoms with Gasteiger partial charge in [-0.15, -0.1) is 0 Å². The standard InChI is InChI=1S/C27H36N2O6.2C25H33ClN2O6.C25H34N2O6/c1-2-11-23-13-8-5-3-4-7-12-21(28-34-19-25(32)29-14-9-6-10-15-29)16-20-17-22(30)18-24(31)26(20)27(33)35-23;2*1-5-28(6-2)22(31)15-33-27-18-12-16(3)10-8-7-9-11-17(4)34-25(32)23-19(13-18)24(26)21(30)14-20(23)29;1-5-27(6-2)23(30)16-32-26-20-12-17(3)10-8-7-9-11-18(4)33-25(31)24-19(13-20)14-21(28)15-22(24)29/h5,7-8,12,17-18,23,30-31H,2-4,6,9-11,13-16,19H2,1H3;2*7,9,12,14,17,29-30H,5-6,8,10-11,13,15H2,1-4H3;7,9,12,14-15,18,28-29H,5-6,8,10-11,13,16H2,1-4H3/b8-5+,12-7+,28-21+;9-7+,16-12+,27-18+;9-7+,16-12+,27-18-;9-7+,17-12+,26-20-/t;2*17-;18-/m.111/s1. The number of oxime groups is 4. The molecule has 0 aromatic heterocycles. The Morgan fingerprint density at radius 3 is 1.12 bits per heavy atom. The van der Waals surface area contributed by atoms with Gasteiger partial charge in [0.05, 0.1) is 32.9 Å². The van der Waals surface area contributed by atoms with Gasteiger partial charge in [-0.3, -0.25) is 19.2 Å². The smallest absolute Gasteiger partial charge is 0.342 e. The summed E-state index contributed by atoms with van der Waals surface area (Å²) in [6.45, 7) is 28.5. The number of likely N-dealkylation sites (N-methyl/N-ethyl adjacent to an activating group) is 3. The fourth-order valence-corrected chi connectivity index (χ4v) is 15.4. The number of amides is 4. The Labute approximate surface area is 807 Å². The molecule has 0 spiro atoms. The number of phenols is 8.